The fraction of sp³-hybridized carbons (Fsp3) is 0.0455. The van der Waals surface area contributed by atoms with Crippen LogP contribution >= 0.6 is 22.9 Å². The number of carbonyl (C=O) groups is 2. The normalized spacial score (nSPS) is 10.8. The largest absolute Gasteiger partial charge is 0.483 e. The van der Waals surface area contributed by atoms with Crippen LogP contribution in [0.4, 0.5) is 8.78 Å². The Hall–Kier alpha value is -3.36. The molecular weight excluding hydrogens is 446 g/mol. The topological polar surface area (TPSA) is 68.3 Å². The van der Waals surface area contributed by atoms with Gasteiger partial charge in [-0.3, -0.25) is 14.9 Å². The van der Waals surface area contributed by atoms with Gasteiger partial charge in [0.15, 0.2) is 11.6 Å². The van der Waals surface area contributed by atoms with Gasteiger partial charge < -0.3 is 4.74 Å². The summed E-state index contributed by atoms with van der Waals surface area (Å²) in [5.74, 6) is -4.64. The van der Waals surface area contributed by atoms with Crippen LogP contribution in [0.1, 0.15) is 25.7 Å². The van der Waals surface area contributed by atoms with E-state index in [9.17, 15) is 18.4 Å². The quantitative estimate of drug-likeness (QED) is 0.408. The third-order valence-electron chi connectivity index (χ3n) is 4.29. The Morgan fingerprint density at radius 2 is 1.81 bits per heavy atom. The van der Waals surface area contributed by atoms with E-state index in [0.29, 0.717) is 15.5 Å². The lowest BCUT2D eigenvalue weighted by atomic mass is 10.1. The SMILES string of the molecule is O=C(NC(=O)c1c(F)ccc(OCc2nc3cc(Cl)ccc3s2)c1F)c1ccccc1. The summed E-state index contributed by atoms with van der Waals surface area (Å²) < 4.78 is 35.3. The molecule has 0 aliphatic carbocycles. The zero-order chi connectivity index (χ0) is 22.0. The molecule has 0 fully saturated rings. The molecule has 1 heterocycles. The van der Waals surface area contributed by atoms with Gasteiger partial charge in [0.25, 0.3) is 11.8 Å². The van der Waals surface area contributed by atoms with Crippen molar-refractivity contribution < 1.29 is 23.1 Å². The van der Waals surface area contributed by atoms with Gasteiger partial charge in [0, 0.05) is 10.6 Å². The van der Waals surface area contributed by atoms with E-state index < -0.39 is 29.0 Å². The molecule has 1 aromatic heterocycles. The summed E-state index contributed by atoms with van der Waals surface area (Å²) in [5, 5.41) is 3.07. The number of benzene rings is 3. The zero-order valence-corrected chi connectivity index (χ0v) is 17.3. The lowest BCUT2D eigenvalue weighted by Gasteiger charge is -2.10. The minimum Gasteiger partial charge on any atom is -0.483 e. The first-order chi connectivity index (χ1) is 14.9. The van der Waals surface area contributed by atoms with Crippen molar-refractivity contribution in [1.29, 1.82) is 0 Å². The molecule has 0 atom stereocenters. The Morgan fingerprint density at radius 1 is 1.03 bits per heavy atom. The van der Waals surface area contributed by atoms with E-state index in [-0.39, 0.29) is 17.9 Å². The molecule has 2 amide bonds. The maximum absolute atomic E-state index is 14.8. The van der Waals surface area contributed by atoms with E-state index in [4.69, 9.17) is 16.3 Å². The highest BCUT2D eigenvalue weighted by molar-refractivity contribution is 7.18. The molecule has 156 valence electrons. The van der Waals surface area contributed by atoms with Crippen molar-refractivity contribution in [1.82, 2.24) is 10.3 Å². The second kappa shape index (κ2) is 8.79. The van der Waals surface area contributed by atoms with Crippen LogP contribution in [0.5, 0.6) is 5.75 Å². The molecule has 0 unspecified atom stereocenters. The number of carbonyl (C=O) groups excluding carboxylic acids is 2. The summed E-state index contributed by atoms with van der Waals surface area (Å²) in [4.78, 5) is 28.8. The number of fused-ring (bicyclic) bond motifs is 1. The van der Waals surface area contributed by atoms with E-state index >= 15 is 0 Å². The van der Waals surface area contributed by atoms with Crippen molar-refractivity contribution in [2.75, 3.05) is 0 Å². The van der Waals surface area contributed by atoms with Crippen molar-refractivity contribution in [3.63, 3.8) is 0 Å². The number of nitrogens with zero attached hydrogens (tertiary/aromatic N) is 1. The molecule has 0 aliphatic rings. The number of nitrogens with one attached hydrogen (secondary N) is 1. The van der Waals surface area contributed by atoms with E-state index in [1.54, 1.807) is 30.3 Å². The van der Waals surface area contributed by atoms with Crippen LogP contribution in [0, 0.1) is 11.6 Å². The van der Waals surface area contributed by atoms with Crippen LogP contribution in [-0.2, 0) is 6.61 Å². The van der Waals surface area contributed by atoms with E-state index in [2.05, 4.69) is 4.98 Å². The summed E-state index contributed by atoms with van der Waals surface area (Å²) in [7, 11) is 0. The summed E-state index contributed by atoms with van der Waals surface area (Å²) in [5.41, 5.74) is -0.0481. The molecular formula is C22H13ClF2N2O3S. The molecule has 0 bridgehead atoms. The molecule has 9 heteroatoms. The van der Waals surface area contributed by atoms with Crippen molar-refractivity contribution in [2.24, 2.45) is 0 Å². The predicted molar refractivity (Wildman–Crippen MR) is 114 cm³/mol. The average Bonchev–Trinajstić information content (AvgIpc) is 3.15. The summed E-state index contributed by atoms with van der Waals surface area (Å²) in [6, 6.07) is 15.1. The summed E-state index contributed by atoms with van der Waals surface area (Å²) in [6.45, 7) is -0.0937. The second-order valence-corrected chi connectivity index (χ2v) is 7.94. The standard InChI is InChI=1S/C22H13ClF2N2O3S/c23-13-6-9-17-15(10-13)26-18(31-17)11-30-16-8-7-14(24)19(20(16)25)22(29)27-21(28)12-4-2-1-3-5-12/h1-10H,11H2,(H,27,28,29). The minimum absolute atomic E-state index is 0.0937. The molecule has 3 aromatic carbocycles. The predicted octanol–water partition coefficient (Wildman–Crippen LogP) is 5.38. The molecule has 0 radical (unpaired) electrons. The van der Waals surface area contributed by atoms with Crippen LogP contribution in [0.3, 0.4) is 0 Å². The van der Waals surface area contributed by atoms with Gasteiger partial charge >= 0.3 is 0 Å². The maximum atomic E-state index is 14.8. The zero-order valence-electron chi connectivity index (χ0n) is 15.7. The van der Waals surface area contributed by atoms with Crippen LogP contribution < -0.4 is 10.1 Å². The molecule has 31 heavy (non-hydrogen) atoms. The monoisotopic (exact) mass is 458 g/mol. The van der Waals surface area contributed by atoms with Crippen LogP contribution in [0.2, 0.25) is 5.02 Å². The highest BCUT2D eigenvalue weighted by Crippen LogP contribution is 2.28. The van der Waals surface area contributed by atoms with Crippen molar-refractivity contribution in [3.8, 4) is 5.75 Å². The van der Waals surface area contributed by atoms with Gasteiger partial charge in [0.1, 0.15) is 23.0 Å². The van der Waals surface area contributed by atoms with Gasteiger partial charge in [-0.1, -0.05) is 29.8 Å². The Kier molecular flexibility index (Phi) is 5.92. The number of halogens is 3. The number of rotatable bonds is 5. The van der Waals surface area contributed by atoms with Gasteiger partial charge in [-0.2, -0.15) is 0 Å². The fourth-order valence-electron chi connectivity index (χ4n) is 2.83. The minimum atomic E-state index is -1.21. The average molecular weight is 459 g/mol. The first-order valence-electron chi connectivity index (χ1n) is 8.99. The Bertz CT molecular complexity index is 1290. The van der Waals surface area contributed by atoms with Gasteiger partial charge in [0.05, 0.1) is 10.2 Å². The van der Waals surface area contributed by atoms with Gasteiger partial charge in [0.2, 0.25) is 0 Å². The third-order valence-corrected chi connectivity index (χ3v) is 5.54. The number of hydrogen-bond donors (Lipinski definition) is 1. The summed E-state index contributed by atoms with van der Waals surface area (Å²) >= 11 is 7.28. The first-order valence-corrected chi connectivity index (χ1v) is 10.2. The first kappa shape index (κ1) is 20.9. The van der Waals surface area contributed by atoms with Gasteiger partial charge in [-0.25, -0.2) is 13.8 Å². The maximum Gasteiger partial charge on any atom is 0.264 e. The molecule has 4 rings (SSSR count). The molecule has 0 aliphatic heterocycles. The lowest BCUT2D eigenvalue weighted by Crippen LogP contribution is -2.32. The highest BCUT2D eigenvalue weighted by Gasteiger charge is 2.23. The smallest absolute Gasteiger partial charge is 0.264 e. The number of ether oxygens (including phenoxy) is 1. The Morgan fingerprint density at radius 3 is 2.58 bits per heavy atom. The summed E-state index contributed by atoms with van der Waals surface area (Å²) in [6.07, 6.45) is 0. The third kappa shape index (κ3) is 4.55. The number of amides is 2. The van der Waals surface area contributed by atoms with E-state index in [1.165, 1.54) is 23.5 Å². The van der Waals surface area contributed by atoms with E-state index in [0.717, 1.165) is 16.8 Å². The molecule has 5 nitrogen and oxygen atoms in total. The number of aromatic nitrogens is 1. The highest BCUT2D eigenvalue weighted by atomic mass is 35.5. The fourth-order valence-corrected chi connectivity index (χ4v) is 3.86. The van der Waals surface area contributed by atoms with Crippen molar-refractivity contribution in [2.45, 2.75) is 6.61 Å². The number of hydrogen-bond acceptors (Lipinski definition) is 5. The molecule has 4 aromatic rings. The second-order valence-electron chi connectivity index (χ2n) is 6.39. The molecule has 0 spiro atoms. The van der Waals surface area contributed by atoms with Gasteiger partial charge in [-0.15, -0.1) is 11.3 Å². The molecule has 1 N–H and O–H groups in total. The Labute approximate surface area is 184 Å². The van der Waals surface area contributed by atoms with Crippen LogP contribution in [-0.4, -0.2) is 16.8 Å². The van der Waals surface area contributed by atoms with Gasteiger partial charge in [-0.05, 0) is 42.5 Å². The van der Waals surface area contributed by atoms with Crippen LogP contribution in [0.15, 0.2) is 60.7 Å². The van der Waals surface area contributed by atoms with E-state index in [1.807, 2.05) is 11.4 Å². The van der Waals surface area contributed by atoms with Crippen molar-refractivity contribution >= 4 is 45.0 Å². The lowest BCUT2D eigenvalue weighted by molar-refractivity contribution is 0.0844. The molecule has 0 saturated carbocycles. The number of thiazole rings is 1. The van der Waals surface area contributed by atoms with Crippen LogP contribution in [0.25, 0.3) is 10.2 Å². The van der Waals surface area contributed by atoms with Crippen molar-refractivity contribution in [3.05, 3.63) is 93.5 Å². The Balaban J connectivity index is 1.52. The number of imide groups is 1. The molecule has 0 saturated heterocycles.